The SMILES string of the molecule is CCC(C)(C)NC(C)c1ccc(Cl)c(Cl)c1. The molecule has 0 heterocycles. The maximum absolute atomic E-state index is 6.00. The lowest BCUT2D eigenvalue weighted by atomic mass is 9.98. The molecule has 0 saturated carbocycles. The van der Waals surface area contributed by atoms with E-state index in [-0.39, 0.29) is 11.6 Å². The third-order valence-corrected chi connectivity index (χ3v) is 3.67. The molecule has 0 radical (unpaired) electrons. The largest absolute Gasteiger partial charge is 0.305 e. The van der Waals surface area contributed by atoms with Crippen molar-refractivity contribution in [1.29, 1.82) is 0 Å². The van der Waals surface area contributed by atoms with Gasteiger partial charge >= 0.3 is 0 Å². The Morgan fingerprint density at radius 1 is 1.25 bits per heavy atom. The summed E-state index contributed by atoms with van der Waals surface area (Å²) in [5.41, 5.74) is 1.29. The van der Waals surface area contributed by atoms with E-state index in [1.54, 1.807) is 0 Å². The van der Waals surface area contributed by atoms with E-state index in [2.05, 4.69) is 33.0 Å². The van der Waals surface area contributed by atoms with E-state index in [1.165, 1.54) is 0 Å². The van der Waals surface area contributed by atoms with Crippen molar-refractivity contribution in [3.63, 3.8) is 0 Å². The number of rotatable bonds is 4. The van der Waals surface area contributed by atoms with Crippen LogP contribution < -0.4 is 5.32 Å². The highest BCUT2D eigenvalue weighted by molar-refractivity contribution is 6.42. The van der Waals surface area contributed by atoms with Crippen molar-refractivity contribution in [2.45, 2.75) is 45.7 Å². The van der Waals surface area contributed by atoms with E-state index >= 15 is 0 Å². The van der Waals surface area contributed by atoms with Gasteiger partial charge in [-0.15, -0.1) is 0 Å². The Balaban J connectivity index is 2.81. The molecule has 0 aromatic heterocycles. The summed E-state index contributed by atoms with van der Waals surface area (Å²) < 4.78 is 0. The first-order valence-corrected chi connectivity index (χ1v) is 6.34. The van der Waals surface area contributed by atoms with Crippen LogP contribution >= 0.6 is 23.2 Å². The van der Waals surface area contributed by atoms with Gasteiger partial charge in [0.15, 0.2) is 0 Å². The minimum absolute atomic E-state index is 0.130. The van der Waals surface area contributed by atoms with Gasteiger partial charge in [0.1, 0.15) is 0 Å². The van der Waals surface area contributed by atoms with Gasteiger partial charge < -0.3 is 5.32 Å². The van der Waals surface area contributed by atoms with Crippen molar-refractivity contribution in [2.24, 2.45) is 0 Å². The maximum Gasteiger partial charge on any atom is 0.0595 e. The second-order valence-electron chi connectivity index (χ2n) is 4.78. The van der Waals surface area contributed by atoms with Crippen LogP contribution in [-0.2, 0) is 0 Å². The van der Waals surface area contributed by atoms with E-state index in [0.717, 1.165) is 12.0 Å². The predicted octanol–water partition coefficient (Wildman–Crippen LogP) is 4.83. The van der Waals surface area contributed by atoms with Crippen LogP contribution in [0.15, 0.2) is 18.2 Å². The lowest BCUT2D eigenvalue weighted by Gasteiger charge is -2.29. The highest BCUT2D eigenvalue weighted by Crippen LogP contribution is 2.26. The van der Waals surface area contributed by atoms with Crippen molar-refractivity contribution in [3.8, 4) is 0 Å². The smallest absolute Gasteiger partial charge is 0.0595 e. The molecule has 90 valence electrons. The molecule has 1 aromatic carbocycles. The van der Waals surface area contributed by atoms with E-state index in [4.69, 9.17) is 23.2 Å². The molecule has 1 unspecified atom stereocenters. The fraction of sp³-hybridized carbons (Fsp3) is 0.538. The molecular weight excluding hydrogens is 241 g/mol. The fourth-order valence-corrected chi connectivity index (χ4v) is 1.86. The molecule has 1 N–H and O–H groups in total. The summed E-state index contributed by atoms with van der Waals surface area (Å²) in [5, 5.41) is 4.78. The van der Waals surface area contributed by atoms with Crippen LogP contribution in [0.25, 0.3) is 0 Å². The molecular formula is C13H19Cl2N. The molecule has 0 bridgehead atoms. The van der Waals surface area contributed by atoms with Crippen LogP contribution in [0.3, 0.4) is 0 Å². The summed E-state index contributed by atoms with van der Waals surface area (Å²) in [5.74, 6) is 0. The molecule has 1 aromatic rings. The standard InChI is InChI=1S/C13H19Cl2N/c1-5-13(3,4)16-9(2)10-6-7-11(14)12(15)8-10/h6-9,16H,5H2,1-4H3. The average molecular weight is 260 g/mol. The minimum Gasteiger partial charge on any atom is -0.305 e. The van der Waals surface area contributed by atoms with E-state index < -0.39 is 0 Å². The summed E-state index contributed by atoms with van der Waals surface area (Å²) in [7, 11) is 0. The first-order chi connectivity index (χ1) is 7.35. The van der Waals surface area contributed by atoms with Crippen LogP contribution in [0.4, 0.5) is 0 Å². The molecule has 1 atom stereocenters. The Bertz CT molecular complexity index is 361. The van der Waals surface area contributed by atoms with Crippen molar-refractivity contribution in [3.05, 3.63) is 33.8 Å². The molecule has 3 heteroatoms. The highest BCUT2D eigenvalue weighted by Gasteiger charge is 2.18. The number of hydrogen-bond donors (Lipinski definition) is 1. The number of nitrogens with one attached hydrogen (secondary N) is 1. The van der Waals surface area contributed by atoms with Gasteiger partial charge in [0.25, 0.3) is 0 Å². The highest BCUT2D eigenvalue weighted by atomic mass is 35.5. The Hall–Kier alpha value is -0.240. The number of benzene rings is 1. The molecule has 0 aliphatic rings. The summed E-state index contributed by atoms with van der Waals surface area (Å²) in [6, 6.07) is 6.05. The van der Waals surface area contributed by atoms with Gasteiger partial charge in [0, 0.05) is 11.6 Å². The predicted molar refractivity (Wildman–Crippen MR) is 72.4 cm³/mol. The topological polar surface area (TPSA) is 12.0 Å². The first-order valence-electron chi connectivity index (χ1n) is 5.58. The molecule has 0 spiro atoms. The van der Waals surface area contributed by atoms with Gasteiger partial charge in [-0.25, -0.2) is 0 Å². The Morgan fingerprint density at radius 2 is 1.88 bits per heavy atom. The van der Waals surface area contributed by atoms with Gasteiger partial charge in [0.05, 0.1) is 10.0 Å². The lowest BCUT2D eigenvalue weighted by Crippen LogP contribution is -2.40. The summed E-state index contributed by atoms with van der Waals surface area (Å²) >= 11 is 11.9. The average Bonchev–Trinajstić information content (AvgIpc) is 2.21. The zero-order chi connectivity index (χ0) is 12.3. The second-order valence-corrected chi connectivity index (χ2v) is 5.59. The van der Waals surface area contributed by atoms with E-state index in [1.807, 2.05) is 18.2 Å². The Kier molecular flexibility index (Phi) is 4.66. The third kappa shape index (κ3) is 3.65. The zero-order valence-electron chi connectivity index (χ0n) is 10.3. The molecule has 16 heavy (non-hydrogen) atoms. The van der Waals surface area contributed by atoms with Gasteiger partial charge in [-0.3, -0.25) is 0 Å². The second kappa shape index (κ2) is 5.39. The lowest BCUT2D eigenvalue weighted by molar-refractivity contribution is 0.337. The monoisotopic (exact) mass is 259 g/mol. The number of halogens is 2. The van der Waals surface area contributed by atoms with Crippen LogP contribution in [-0.4, -0.2) is 5.54 Å². The van der Waals surface area contributed by atoms with Gasteiger partial charge in [-0.05, 0) is 44.9 Å². The summed E-state index contributed by atoms with van der Waals surface area (Å²) in [6.45, 7) is 8.70. The quantitative estimate of drug-likeness (QED) is 0.817. The van der Waals surface area contributed by atoms with Crippen molar-refractivity contribution in [2.75, 3.05) is 0 Å². The Morgan fingerprint density at radius 3 is 2.38 bits per heavy atom. The maximum atomic E-state index is 6.00. The molecule has 0 saturated heterocycles. The third-order valence-electron chi connectivity index (χ3n) is 2.93. The van der Waals surface area contributed by atoms with Gasteiger partial charge in [-0.2, -0.15) is 0 Å². The zero-order valence-corrected chi connectivity index (χ0v) is 11.8. The van der Waals surface area contributed by atoms with Crippen LogP contribution in [0.1, 0.15) is 45.7 Å². The number of hydrogen-bond acceptors (Lipinski definition) is 1. The normalized spacial score (nSPS) is 13.9. The van der Waals surface area contributed by atoms with Crippen LogP contribution in [0, 0.1) is 0 Å². The molecule has 0 aliphatic heterocycles. The molecule has 0 fully saturated rings. The molecule has 1 rings (SSSR count). The van der Waals surface area contributed by atoms with Crippen molar-refractivity contribution in [1.82, 2.24) is 5.32 Å². The summed E-state index contributed by atoms with van der Waals surface area (Å²) in [4.78, 5) is 0. The molecule has 0 aliphatic carbocycles. The molecule has 1 nitrogen and oxygen atoms in total. The summed E-state index contributed by atoms with van der Waals surface area (Å²) in [6.07, 6.45) is 1.08. The van der Waals surface area contributed by atoms with Gasteiger partial charge in [-0.1, -0.05) is 36.2 Å². The van der Waals surface area contributed by atoms with Crippen molar-refractivity contribution >= 4 is 23.2 Å². The van der Waals surface area contributed by atoms with Crippen LogP contribution in [0.2, 0.25) is 10.0 Å². The van der Waals surface area contributed by atoms with Crippen molar-refractivity contribution < 1.29 is 0 Å². The fourth-order valence-electron chi connectivity index (χ4n) is 1.55. The molecule has 0 amide bonds. The minimum atomic E-state index is 0.130. The first kappa shape index (κ1) is 13.8. The van der Waals surface area contributed by atoms with Crippen LogP contribution in [0.5, 0.6) is 0 Å². The van der Waals surface area contributed by atoms with Gasteiger partial charge in [0.2, 0.25) is 0 Å². The van der Waals surface area contributed by atoms with E-state index in [0.29, 0.717) is 10.0 Å². The Labute approximate surface area is 108 Å². The van der Waals surface area contributed by atoms with E-state index in [9.17, 15) is 0 Å².